The van der Waals surface area contributed by atoms with Gasteiger partial charge < -0.3 is 4.57 Å². The SMILES string of the molecule is O=P(c1ccccc1)(c1ccc(Cl)c(S(=O)(=O)NS(=O)(=O)c2ccccc2)c1)c1ccc(Cl)c(S(=O)(=O)NS(=O)(=O)c2ccccc2)c1. The molecule has 250 valence electrons. The first-order valence-electron chi connectivity index (χ1n) is 13.4. The molecule has 0 aromatic heterocycles. The van der Waals surface area contributed by atoms with Crippen molar-refractivity contribution in [2.24, 2.45) is 0 Å². The maximum atomic E-state index is 15.3. The summed E-state index contributed by atoms with van der Waals surface area (Å²) in [6.07, 6.45) is 0. The van der Waals surface area contributed by atoms with Crippen molar-refractivity contribution in [1.82, 2.24) is 8.25 Å². The average molecular weight is 786 g/mol. The van der Waals surface area contributed by atoms with E-state index in [0.29, 0.717) is 0 Å². The number of halogens is 2. The van der Waals surface area contributed by atoms with Gasteiger partial charge in [-0.15, -0.1) is 8.25 Å². The minimum absolute atomic E-state index is 0.121. The highest BCUT2D eigenvalue weighted by Crippen LogP contribution is 2.44. The van der Waals surface area contributed by atoms with Crippen molar-refractivity contribution in [2.45, 2.75) is 19.6 Å². The molecule has 0 aliphatic rings. The quantitative estimate of drug-likeness (QED) is 0.188. The zero-order valence-electron chi connectivity index (χ0n) is 24.1. The van der Waals surface area contributed by atoms with E-state index in [1.807, 2.05) is 0 Å². The molecular formula is C30H23Cl2N2O9PS4. The van der Waals surface area contributed by atoms with Crippen LogP contribution >= 0.6 is 30.3 Å². The molecule has 48 heavy (non-hydrogen) atoms. The summed E-state index contributed by atoms with van der Waals surface area (Å²) < 4.78 is 124. The van der Waals surface area contributed by atoms with Crippen molar-refractivity contribution in [3.63, 3.8) is 0 Å². The molecule has 0 atom stereocenters. The van der Waals surface area contributed by atoms with Crippen LogP contribution in [0, 0.1) is 0 Å². The zero-order chi connectivity index (χ0) is 35.0. The molecule has 0 radical (unpaired) electrons. The molecule has 0 aliphatic carbocycles. The summed E-state index contributed by atoms with van der Waals surface area (Å²) in [5.41, 5.74) is 0. The van der Waals surface area contributed by atoms with Crippen LogP contribution in [0.15, 0.2) is 147 Å². The Morgan fingerprint density at radius 1 is 0.417 bits per heavy atom. The summed E-state index contributed by atoms with van der Waals surface area (Å²) >= 11 is 12.5. The molecule has 0 aliphatic heterocycles. The van der Waals surface area contributed by atoms with E-state index in [4.69, 9.17) is 23.2 Å². The van der Waals surface area contributed by atoms with Gasteiger partial charge in [-0.25, -0.2) is 33.7 Å². The van der Waals surface area contributed by atoms with Gasteiger partial charge >= 0.3 is 0 Å². The molecule has 0 saturated carbocycles. The molecule has 0 bridgehead atoms. The van der Waals surface area contributed by atoms with Gasteiger partial charge in [0.1, 0.15) is 9.79 Å². The highest BCUT2D eigenvalue weighted by atomic mass is 35.5. The first kappa shape index (κ1) is 35.9. The third kappa shape index (κ3) is 7.30. The summed E-state index contributed by atoms with van der Waals surface area (Å²) in [6.45, 7) is 0. The van der Waals surface area contributed by atoms with E-state index in [1.54, 1.807) is 38.6 Å². The van der Waals surface area contributed by atoms with Gasteiger partial charge in [-0.1, -0.05) is 89.9 Å². The van der Waals surface area contributed by atoms with E-state index in [-0.39, 0.29) is 25.7 Å². The summed E-state index contributed by atoms with van der Waals surface area (Å²) in [7, 11) is -23.3. The third-order valence-electron chi connectivity index (χ3n) is 6.80. The van der Waals surface area contributed by atoms with E-state index in [1.165, 1.54) is 72.8 Å². The lowest BCUT2D eigenvalue weighted by molar-refractivity contribution is 0.573. The van der Waals surface area contributed by atoms with Crippen LogP contribution in [0.25, 0.3) is 0 Å². The van der Waals surface area contributed by atoms with Crippen molar-refractivity contribution in [2.75, 3.05) is 0 Å². The molecule has 5 aromatic rings. The molecule has 0 heterocycles. The third-order valence-corrected chi connectivity index (χ3v) is 17.9. The minimum Gasteiger partial charge on any atom is -0.309 e. The second-order valence-electron chi connectivity index (χ2n) is 9.98. The van der Waals surface area contributed by atoms with Gasteiger partial charge in [0, 0.05) is 15.9 Å². The number of nitrogens with one attached hydrogen (secondary N) is 2. The van der Waals surface area contributed by atoms with Crippen LogP contribution in [0.1, 0.15) is 0 Å². The molecule has 2 N–H and O–H groups in total. The van der Waals surface area contributed by atoms with Gasteiger partial charge in [-0.2, -0.15) is 0 Å². The molecule has 0 unspecified atom stereocenters. The predicted octanol–water partition coefficient (Wildman–Crippen LogP) is 3.97. The largest absolute Gasteiger partial charge is 0.309 e. The van der Waals surface area contributed by atoms with Gasteiger partial charge in [0.05, 0.1) is 19.8 Å². The molecule has 5 aromatic carbocycles. The summed E-state index contributed by atoms with van der Waals surface area (Å²) in [4.78, 5) is -2.13. The molecule has 0 spiro atoms. The molecule has 0 saturated heterocycles. The number of rotatable bonds is 11. The van der Waals surface area contributed by atoms with E-state index in [0.717, 1.165) is 24.3 Å². The lowest BCUT2D eigenvalue weighted by atomic mass is 10.3. The second kappa shape index (κ2) is 13.5. The van der Waals surface area contributed by atoms with Crippen LogP contribution in [-0.2, 0) is 44.7 Å². The first-order valence-corrected chi connectivity index (χ1v) is 21.8. The minimum atomic E-state index is -4.91. The fraction of sp³-hybridized carbons (Fsp3) is 0. The lowest BCUT2D eigenvalue weighted by Crippen LogP contribution is -2.33. The molecule has 11 nitrogen and oxygen atoms in total. The zero-order valence-corrected chi connectivity index (χ0v) is 29.8. The number of sulfonamides is 4. The lowest BCUT2D eigenvalue weighted by Gasteiger charge is -2.22. The average Bonchev–Trinajstić information content (AvgIpc) is 3.05. The fourth-order valence-corrected chi connectivity index (χ4v) is 14.3. The first-order chi connectivity index (χ1) is 22.5. The van der Waals surface area contributed by atoms with Gasteiger partial charge in [0.25, 0.3) is 40.1 Å². The van der Waals surface area contributed by atoms with E-state index >= 15 is 4.57 Å². The van der Waals surface area contributed by atoms with Crippen molar-refractivity contribution < 1.29 is 38.2 Å². The Bertz CT molecular complexity index is 2350. The summed E-state index contributed by atoms with van der Waals surface area (Å²) in [5, 5.41) is -1.03. The van der Waals surface area contributed by atoms with Crippen molar-refractivity contribution in [3.05, 3.63) is 137 Å². The van der Waals surface area contributed by atoms with Crippen LogP contribution < -0.4 is 24.2 Å². The van der Waals surface area contributed by atoms with Crippen molar-refractivity contribution in [1.29, 1.82) is 0 Å². The molecule has 5 rings (SSSR count). The van der Waals surface area contributed by atoms with Crippen LogP contribution in [0.5, 0.6) is 0 Å². The fourth-order valence-electron chi connectivity index (χ4n) is 4.55. The van der Waals surface area contributed by atoms with E-state index in [2.05, 4.69) is 0 Å². The number of benzene rings is 5. The van der Waals surface area contributed by atoms with E-state index in [9.17, 15) is 33.7 Å². The highest BCUT2D eigenvalue weighted by molar-refractivity contribution is 8.05. The Kier molecular flexibility index (Phi) is 10.1. The Hall–Kier alpha value is -3.37. The van der Waals surface area contributed by atoms with E-state index < -0.39 is 67.1 Å². The van der Waals surface area contributed by atoms with Gasteiger partial charge in [0.15, 0.2) is 7.14 Å². The maximum Gasteiger partial charge on any atom is 0.255 e. The normalized spacial score (nSPS) is 12.9. The Labute approximate surface area is 288 Å². The van der Waals surface area contributed by atoms with Gasteiger partial charge in [-0.05, 0) is 60.7 Å². The maximum absolute atomic E-state index is 15.3. The second-order valence-corrected chi connectivity index (χ2v) is 20.7. The molecule has 0 fully saturated rings. The Balaban J connectivity index is 1.65. The standard InChI is InChI=1S/C30H23Cl2N2O9PS4/c31-27-18-16-23(20-29(27)47(40,41)33-45(36,37)25-12-6-2-7-13-25)44(35,22-10-4-1-5-11-22)24-17-19-28(32)30(21-24)48(42,43)34-46(38,39)26-14-8-3-9-15-26/h1-21,33-34H. The van der Waals surface area contributed by atoms with Crippen molar-refractivity contribution >= 4 is 86.4 Å². The van der Waals surface area contributed by atoms with Crippen LogP contribution in [0.4, 0.5) is 0 Å². The summed E-state index contributed by atoms with van der Waals surface area (Å²) in [5.74, 6) is 0. The van der Waals surface area contributed by atoms with Crippen LogP contribution in [0.2, 0.25) is 10.0 Å². The molecule has 0 amide bonds. The Morgan fingerprint density at radius 3 is 1.10 bits per heavy atom. The summed E-state index contributed by atoms with van der Waals surface area (Å²) in [6, 6.07) is 27.7. The smallest absolute Gasteiger partial charge is 0.255 e. The Morgan fingerprint density at radius 2 is 0.750 bits per heavy atom. The number of hydrogen-bond donors (Lipinski definition) is 2. The van der Waals surface area contributed by atoms with Gasteiger partial charge in [-0.3, -0.25) is 0 Å². The predicted molar refractivity (Wildman–Crippen MR) is 184 cm³/mol. The van der Waals surface area contributed by atoms with Crippen molar-refractivity contribution in [3.8, 4) is 0 Å². The molecule has 18 heteroatoms. The van der Waals surface area contributed by atoms with Gasteiger partial charge in [0.2, 0.25) is 0 Å². The van der Waals surface area contributed by atoms with Crippen LogP contribution in [0.3, 0.4) is 0 Å². The molecular weight excluding hydrogens is 762 g/mol. The topological polar surface area (TPSA) is 178 Å². The highest BCUT2D eigenvalue weighted by Gasteiger charge is 2.35. The van der Waals surface area contributed by atoms with Crippen LogP contribution in [-0.4, -0.2) is 33.7 Å². The number of hydrogen-bond acceptors (Lipinski definition) is 9. The monoisotopic (exact) mass is 784 g/mol.